The Hall–Kier alpha value is -1.87. The standard InChI is InChI=1S/C14H11NOS/c1-10-6-5-9-12-15(10)14(16)13(17-12)11-7-3-2-4-8-11/h2-9H,1H3. The first-order chi connectivity index (χ1) is 8.27. The molecule has 0 unspecified atom stereocenters. The van der Waals surface area contributed by atoms with Gasteiger partial charge in [-0.2, -0.15) is 0 Å². The molecule has 3 rings (SSSR count). The van der Waals surface area contributed by atoms with Gasteiger partial charge in [-0.05, 0) is 24.6 Å². The van der Waals surface area contributed by atoms with E-state index in [4.69, 9.17) is 0 Å². The summed E-state index contributed by atoms with van der Waals surface area (Å²) in [6.45, 7) is 1.95. The number of fused-ring (bicyclic) bond motifs is 1. The van der Waals surface area contributed by atoms with Crippen LogP contribution in [0.2, 0.25) is 0 Å². The summed E-state index contributed by atoms with van der Waals surface area (Å²) in [5.74, 6) is 0.0781. The first-order valence-corrected chi connectivity index (χ1v) is 6.25. The van der Waals surface area contributed by atoms with Crippen molar-refractivity contribution in [2.75, 3.05) is 0 Å². The Bertz CT molecular complexity index is 619. The molecule has 0 atom stereocenters. The van der Waals surface area contributed by atoms with E-state index in [9.17, 15) is 4.79 Å². The van der Waals surface area contributed by atoms with E-state index >= 15 is 0 Å². The van der Waals surface area contributed by atoms with Crippen LogP contribution in [-0.2, 0) is 4.79 Å². The minimum Gasteiger partial charge on any atom is -0.271 e. The quantitative estimate of drug-likeness (QED) is 0.691. The number of hydrogen-bond acceptors (Lipinski definition) is 1. The number of carbonyl (C=O) groups excluding carboxylic acids is 1. The van der Waals surface area contributed by atoms with Crippen LogP contribution in [0.15, 0.2) is 54.3 Å². The molecule has 84 valence electrons. The minimum absolute atomic E-state index is 0.0781. The van der Waals surface area contributed by atoms with Crippen LogP contribution in [0, 0.1) is 0 Å². The number of allylic oxidation sites excluding steroid dienone is 3. The third-order valence-corrected chi connectivity index (χ3v) is 3.93. The second-order valence-corrected chi connectivity index (χ2v) is 4.97. The van der Waals surface area contributed by atoms with Gasteiger partial charge in [-0.1, -0.05) is 36.4 Å². The highest BCUT2D eigenvalue weighted by molar-refractivity contribution is 8.00. The molecule has 0 saturated heterocycles. The van der Waals surface area contributed by atoms with Crippen molar-refractivity contribution in [2.45, 2.75) is 6.92 Å². The van der Waals surface area contributed by atoms with E-state index in [-0.39, 0.29) is 5.91 Å². The highest BCUT2D eigenvalue weighted by atomic mass is 32.1. The summed E-state index contributed by atoms with van der Waals surface area (Å²) in [7, 11) is 1.54. The van der Waals surface area contributed by atoms with Gasteiger partial charge >= 0.3 is 0 Å². The summed E-state index contributed by atoms with van der Waals surface area (Å²) in [5.41, 5.74) is 1.97. The maximum Gasteiger partial charge on any atom is 0.273 e. The molecule has 2 aliphatic heterocycles. The third kappa shape index (κ3) is 1.59. The second kappa shape index (κ2) is 3.86. The van der Waals surface area contributed by atoms with Crippen LogP contribution < -0.4 is 0 Å². The maximum absolute atomic E-state index is 12.3. The van der Waals surface area contributed by atoms with Gasteiger partial charge in [0.15, 0.2) is 0 Å². The molecule has 0 aliphatic carbocycles. The Kier molecular flexibility index (Phi) is 2.34. The lowest BCUT2D eigenvalue weighted by atomic mass is 10.1. The molecule has 0 N–H and O–H groups in total. The lowest BCUT2D eigenvalue weighted by molar-refractivity contribution is -0.118. The minimum atomic E-state index is 0.0781. The van der Waals surface area contributed by atoms with Gasteiger partial charge in [0.1, 0.15) is 9.85 Å². The Morgan fingerprint density at radius 2 is 1.94 bits per heavy atom. The zero-order chi connectivity index (χ0) is 11.8. The van der Waals surface area contributed by atoms with Crippen LogP contribution >= 0.6 is 10.9 Å². The summed E-state index contributed by atoms with van der Waals surface area (Å²) in [6.07, 6.45) is 5.91. The lowest BCUT2D eigenvalue weighted by Crippen LogP contribution is -2.34. The molecule has 1 aromatic rings. The number of rotatable bonds is 1. The van der Waals surface area contributed by atoms with Gasteiger partial charge in [-0.25, -0.2) is 0 Å². The van der Waals surface area contributed by atoms with E-state index in [0.29, 0.717) is 0 Å². The molecule has 17 heavy (non-hydrogen) atoms. The highest BCUT2D eigenvalue weighted by Gasteiger charge is 2.29. The molecule has 1 aromatic carbocycles. The van der Waals surface area contributed by atoms with Crippen molar-refractivity contribution >= 4 is 26.7 Å². The second-order valence-electron chi connectivity index (χ2n) is 3.94. The number of hydrogen-bond donors (Lipinski definition) is 0. The molecule has 0 saturated carbocycles. The van der Waals surface area contributed by atoms with Gasteiger partial charge < -0.3 is 0 Å². The van der Waals surface area contributed by atoms with Crippen molar-refractivity contribution in [1.82, 2.24) is 4.90 Å². The smallest absolute Gasteiger partial charge is 0.271 e. The van der Waals surface area contributed by atoms with Crippen molar-refractivity contribution in [1.29, 1.82) is 0 Å². The molecule has 3 heteroatoms. The van der Waals surface area contributed by atoms with Crippen LogP contribution in [0.5, 0.6) is 0 Å². The molecule has 0 radical (unpaired) electrons. The molecule has 0 spiro atoms. The Morgan fingerprint density at radius 3 is 2.65 bits per heavy atom. The van der Waals surface area contributed by atoms with Crippen LogP contribution in [0.25, 0.3) is 0 Å². The van der Waals surface area contributed by atoms with Crippen molar-refractivity contribution in [3.05, 3.63) is 59.8 Å². The molecule has 0 bridgehead atoms. The first-order valence-electron chi connectivity index (χ1n) is 5.44. The summed E-state index contributed by atoms with van der Waals surface area (Å²) in [6, 6.07) is 9.82. The number of carbonyl (C=O) groups is 1. The van der Waals surface area contributed by atoms with Gasteiger partial charge in [0, 0.05) is 5.70 Å². The SMILES string of the molecule is CC1=CC=CC2=S=C(c3ccccc3)C(=O)N12. The number of benzene rings is 1. The third-order valence-electron chi connectivity index (χ3n) is 2.79. The lowest BCUT2D eigenvalue weighted by Gasteiger charge is -2.21. The van der Waals surface area contributed by atoms with E-state index in [1.165, 1.54) is 0 Å². The van der Waals surface area contributed by atoms with Gasteiger partial charge in [0.05, 0.1) is 0 Å². The topological polar surface area (TPSA) is 20.3 Å². The van der Waals surface area contributed by atoms with E-state index in [1.807, 2.05) is 55.5 Å². The first kappa shape index (κ1) is 10.3. The van der Waals surface area contributed by atoms with Gasteiger partial charge in [0.2, 0.25) is 0 Å². The zero-order valence-corrected chi connectivity index (χ0v) is 10.2. The fourth-order valence-corrected chi connectivity index (χ4v) is 3.06. The zero-order valence-electron chi connectivity index (χ0n) is 9.38. The molecule has 1 amide bonds. The Labute approximate surface area is 103 Å². The summed E-state index contributed by atoms with van der Waals surface area (Å²) in [5, 5.41) is 0. The van der Waals surface area contributed by atoms with Crippen LogP contribution in [0.4, 0.5) is 0 Å². The Morgan fingerprint density at radius 1 is 1.18 bits per heavy atom. The summed E-state index contributed by atoms with van der Waals surface area (Å²) < 4.78 is 0. The molecule has 0 fully saturated rings. The van der Waals surface area contributed by atoms with E-state index in [1.54, 1.807) is 15.8 Å². The molecular formula is C14H11NOS. The van der Waals surface area contributed by atoms with Crippen LogP contribution in [-0.4, -0.2) is 20.7 Å². The monoisotopic (exact) mass is 241 g/mol. The molecule has 2 nitrogen and oxygen atoms in total. The van der Waals surface area contributed by atoms with Crippen LogP contribution in [0.3, 0.4) is 0 Å². The van der Waals surface area contributed by atoms with Gasteiger partial charge in [0.25, 0.3) is 5.91 Å². The average Bonchev–Trinajstić information content (AvgIpc) is 2.69. The Balaban J connectivity index is 2.11. The fourth-order valence-electron chi connectivity index (χ4n) is 1.95. The van der Waals surface area contributed by atoms with E-state index < -0.39 is 0 Å². The number of amides is 1. The van der Waals surface area contributed by atoms with E-state index in [2.05, 4.69) is 0 Å². The summed E-state index contributed by atoms with van der Waals surface area (Å²) in [4.78, 5) is 15.9. The van der Waals surface area contributed by atoms with Gasteiger partial charge in [-0.15, -0.1) is 10.9 Å². The molecule has 2 aliphatic rings. The highest BCUT2D eigenvalue weighted by Crippen LogP contribution is 2.21. The molecule has 2 heterocycles. The van der Waals surface area contributed by atoms with Crippen molar-refractivity contribution < 1.29 is 4.79 Å². The van der Waals surface area contributed by atoms with Crippen molar-refractivity contribution in [3.63, 3.8) is 0 Å². The normalized spacial score (nSPS) is 18.1. The summed E-state index contributed by atoms with van der Waals surface area (Å²) >= 11 is 0. The largest absolute Gasteiger partial charge is 0.273 e. The molecule has 0 aromatic heterocycles. The predicted molar refractivity (Wildman–Crippen MR) is 72.9 cm³/mol. The average molecular weight is 241 g/mol. The maximum atomic E-state index is 12.3. The van der Waals surface area contributed by atoms with E-state index in [0.717, 1.165) is 21.1 Å². The van der Waals surface area contributed by atoms with Crippen LogP contribution in [0.1, 0.15) is 12.5 Å². The number of nitrogens with zero attached hydrogens (tertiary/aromatic N) is 1. The van der Waals surface area contributed by atoms with Crippen molar-refractivity contribution in [2.24, 2.45) is 0 Å². The fraction of sp³-hybridized carbons (Fsp3) is 0.0714. The molecular weight excluding hydrogens is 230 g/mol. The predicted octanol–water partition coefficient (Wildman–Crippen LogP) is 2.39. The van der Waals surface area contributed by atoms with Gasteiger partial charge in [-0.3, -0.25) is 9.69 Å². The van der Waals surface area contributed by atoms with Crippen molar-refractivity contribution in [3.8, 4) is 0 Å².